The molecule has 1 aromatic heterocycles. The quantitative estimate of drug-likeness (QED) is 0.748. The SMILES string of the molecule is Fc1cccc(Cc2nc(CCl)cs2)c1. The van der Waals surface area contributed by atoms with Gasteiger partial charge in [0, 0.05) is 11.8 Å². The Labute approximate surface area is 96.5 Å². The summed E-state index contributed by atoms with van der Waals surface area (Å²) in [6.07, 6.45) is 0.666. The van der Waals surface area contributed by atoms with Gasteiger partial charge < -0.3 is 0 Å². The Morgan fingerprint density at radius 1 is 1.40 bits per heavy atom. The minimum atomic E-state index is -0.207. The molecule has 0 fully saturated rings. The number of nitrogens with zero attached hydrogens (tertiary/aromatic N) is 1. The van der Waals surface area contributed by atoms with E-state index in [4.69, 9.17) is 11.6 Å². The van der Waals surface area contributed by atoms with Crippen molar-refractivity contribution in [1.82, 2.24) is 4.98 Å². The highest BCUT2D eigenvalue weighted by Gasteiger charge is 2.03. The molecular weight excluding hydrogens is 233 g/mol. The first-order chi connectivity index (χ1) is 7.28. The Hall–Kier alpha value is -0.930. The summed E-state index contributed by atoms with van der Waals surface area (Å²) >= 11 is 7.21. The van der Waals surface area contributed by atoms with Crippen LogP contribution in [0.3, 0.4) is 0 Å². The van der Waals surface area contributed by atoms with Crippen LogP contribution in [0.1, 0.15) is 16.3 Å². The van der Waals surface area contributed by atoms with Gasteiger partial charge in [0.05, 0.1) is 16.6 Å². The lowest BCUT2D eigenvalue weighted by atomic mass is 10.1. The third kappa shape index (κ3) is 2.76. The summed E-state index contributed by atoms with van der Waals surface area (Å²) in [6, 6.07) is 6.57. The van der Waals surface area contributed by atoms with E-state index >= 15 is 0 Å². The number of hydrogen-bond donors (Lipinski definition) is 0. The summed E-state index contributed by atoms with van der Waals surface area (Å²) in [6.45, 7) is 0. The van der Waals surface area contributed by atoms with E-state index in [1.807, 2.05) is 11.4 Å². The molecule has 0 saturated carbocycles. The first-order valence-corrected chi connectivity index (χ1v) is 5.93. The number of aromatic nitrogens is 1. The molecule has 2 rings (SSSR count). The van der Waals surface area contributed by atoms with Gasteiger partial charge in [-0.1, -0.05) is 12.1 Å². The predicted molar refractivity (Wildman–Crippen MR) is 60.9 cm³/mol. The Bertz CT molecular complexity index is 455. The van der Waals surface area contributed by atoms with Crippen LogP contribution in [-0.4, -0.2) is 4.98 Å². The molecule has 78 valence electrons. The fourth-order valence-corrected chi connectivity index (χ4v) is 2.37. The predicted octanol–water partition coefficient (Wildman–Crippen LogP) is 3.61. The lowest BCUT2D eigenvalue weighted by Crippen LogP contribution is -1.88. The number of alkyl halides is 1. The van der Waals surface area contributed by atoms with Crippen LogP contribution in [0.15, 0.2) is 29.6 Å². The molecule has 0 bridgehead atoms. The fourth-order valence-electron chi connectivity index (χ4n) is 1.31. The maximum absolute atomic E-state index is 12.9. The fraction of sp³-hybridized carbons (Fsp3) is 0.182. The molecule has 15 heavy (non-hydrogen) atoms. The van der Waals surface area contributed by atoms with Crippen molar-refractivity contribution in [3.63, 3.8) is 0 Å². The number of halogens is 2. The van der Waals surface area contributed by atoms with E-state index in [0.717, 1.165) is 16.3 Å². The number of hydrogen-bond acceptors (Lipinski definition) is 2. The van der Waals surface area contributed by atoms with Crippen LogP contribution in [0.25, 0.3) is 0 Å². The van der Waals surface area contributed by atoms with Gasteiger partial charge in [0.25, 0.3) is 0 Å². The summed E-state index contributed by atoms with van der Waals surface area (Å²) in [5, 5.41) is 2.90. The van der Waals surface area contributed by atoms with E-state index in [1.165, 1.54) is 12.1 Å². The lowest BCUT2D eigenvalue weighted by molar-refractivity contribution is 0.626. The van der Waals surface area contributed by atoms with Crippen LogP contribution < -0.4 is 0 Å². The normalized spacial score (nSPS) is 10.5. The molecule has 0 aliphatic rings. The van der Waals surface area contributed by atoms with E-state index in [1.54, 1.807) is 17.4 Å². The zero-order valence-electron chi connectivity index (χ0n) is 7.91. The van der Waals surface area contributed by atoms with E-state index < -0.39 is 0 Å². The van der Waals surface area contributed by atoms with Crippen molar-refractivity contribution >= 4 is 22.9 Å². The van der Waals surface area contributed by atoms with Crippen molar-refractivity contribution in [2.75, 3.05) is 0 Å². The topological polar surface area (TPSA) is 12.9 Å². The van der Waals surface area contributed by atoms with Crippen molar-refractivity contribution < 1.29 is 4.39 Å². The van der Waals surface area contributed by atoms with Gasteiger partial charge in [-0.05, 0) is 17.7 Å². The van der Waals surface area contributed by atoms with Crippen LogP contribution in [0.5, 0.6) is 0 Å². The van der Waals surface area contributed by atoms with Gasteiger partial charge in [-0.25, -0.2) is 9.37 Å². The smallest absolute Gasteiger partial charge is 0.123 e. The summed E-state index contributed by atoms with van der Waals surface area (Å²) in [7, 11) is 0. The molecule has 0 aliphatic heterocycles. The summed E-state index contributed by atoms with van der Waals surface area (Å²) in [4.78, 5) is 4.32. The molecule has 1 aromatic carbocycles. The highest BCUT2D eigenvalue weighted by Crippen LogP contribution is 2.16. The Morgan fingerprint density at radius 2 is 2.27 bits per heavy atom. The highest BCUT2D eigenvalue weighted by molar-refractivity contribution is 7.09. The van der Waals surface area contributed by atoms with Crippen molar-refractivity contribution in [2.24, 2.45) is 0 Å². The Morgan fingerprint density at radius 3 is 2.93 bits per heavy atom. The minimum Gasteiger partial charge on any atom is -0.245 e. The van der Waals surface area contributed by atoms with Gasteiger partial charge in [-0.3, -0.25) is 0 Å². The van der Waals surface area contributed by atoms with Crippen molar-refractivity contribution in [1.29, 1.82) is 0 Å². The van der Waals surface area contributed by atoms with Gasteiger partial charge in [-0.2, -0.15) is 0 Å². The molecule has 1 nitrogen and oxygen atoms in total. The Kier molecular flexibility index (Phi) is 3.34. The zero-order chi connectivity index (χ0) is 10.7. The van der Waals surface area contributed by atoms with Crippen LogP contribution in [-0.2, 0) is 12.3 Å². The summed E-state index contributed by atoms with van der Waals surface area (Å²) < 4.78 is 12.9. The molecule has 0 unspecified atom stereocenters. The monoisotopic (exact) mass is 241 g/mol. The summed E-state index contributed by atoms with van der Waals surface area (Å²) in [5.41, 5.74) is 1.82. The van der Waals surface area contributed by atoms with E-state index in [9.17, 15) is 4.39 Å². The van der Waals surface area contributed by atoms with Gasteiger partial charge in [-0.15, -0.1) is 22.9 Å². The van der Waals surface area contributed by atoms with Crippen LogP contribution >= 0.6 is 22.9 Å². The molecule has 0 aliphatic carbocycles. The first kappa shape index (κ1) is 10.6. The highest BCUT2D eigenvalue weighted by atomic mass is 35.5. The molecule has 0 amide bonds. The molecule has 0 saturated heterocycles. The average Bonchev–Trinajstić information content (AvgIpc) is 2.65. The standard InChI is InChI=1S/C11H9ClFNS/c12-6-10-7-15-11(14-10)5-8-2-1-3-9(13)4-8/h1-4,7H,5-6H2. The maximum Gasteiger partial charge on any atom is 0.123 e. The Balaban J connectivity index is 2.14. The van der Waals surface area contributed by atoms with Gasteiger partial charge in [0.15, 0.2) is 0 Å². The van der Waals surface area contributed by atoms with Crippen LogP contribution in [0.2, 0.25) is 0 Å². The van der Waals surface area contributed by atoms with Crippen LogP contribution in [0.4, 0.5) is 4.39 Å². The third-order valence-electron chi connectivity index (χ3n) is 1.98. The summed E-state index contributed by atoms with van der Waals surface area (Å²) in [5.74, 6) is 0.223. The number of benzene rings is 1. The molecule has 0 N–H and O–H groups in total. The van der Waals surface area contributed by atoms with Gasteiger partial charge >= 0.3 is 0 Å². The van der Waals surface area contributed by atoms with Crippen molar-refractivity contribution in [3.05, 3.63) is 51.7 Å². The lowest BCUT2D eigenvalue weighted by Gasteiger charge is -1.97. The molecular formula is C11H9ClFNS. The molecule has 0 radical (unpaired) electrons. The van der Waals surface area contributed by atoms with Gasteiger partial charge in [0.1, 0.15) is 5.82 Å². The molecule has 2 aromatic rings. The first-order valence-electron chi connectivity index (χ1n) is 4.51. The number of rotatable bonds is 3. The second kappa shape index (κ2) is 4.73. The van der Waals surface area contributed by atoms with Gasteiger partial charge in [0.2, 0.25) is 0 Å². The second-order valence-corrected chi connectivity index (χ2v) is 4.38. The zero-order valence-corrected chi connectivity index (χ0v) is 9.48. The molecule has 0 atom stereocenters. The maximum atomic E-state index is 12.9. The van der Waals surface area contributed by atoms with E-state index in [2.05, 4.69) is 4.98 Å². The van der Waals surface area contributed by atoms with E-state index in [-0.39, 0.29) is 5.82 Å². The van der Waals surface area contributed by atoms with Crippen molar-refractivity contribution in [2.45, 2.75) is 12.3 Å². The van der Waals surface area contributed by atoms with Crippen molar-refractivity contribution in [3.8, 4) is 0 Å². The molecule has 4 heteroatoms. The third-order valence-corrected chi connectivity index (χ3v) is 3.15. The molecule has 1 heterocycles. The molecule has 0 spiro atoms. The van der Waals surface area contributed by atoms with Crippen LogP contribution in [0, 0.1) is 5.82 Å². The van der Waals surface area contributed by atoms with E-state index in [0.29, 0.717) is 12.3 Å². The second-order valence-electron chi connectivity index (χ2n) is 3.17. The largest absolute Gasteiger partial charge is 0.245 e. The minimum absolute atomic E-state index is 0.207. The average molecular weight is 242 g/mol. The number of thiazole rings is 1.